The number of fused-ring (bicyclic) bond motifs is 1. The second-order valence-electron chi connectivity index (χ2n) is 7.89. The molecule has 11 nitrogen and oxygen atoms in total. The van der Waals surface area contributed by atoms with Crippen molar-refractivity contribution in [2.75, 3.05) is 37.6 Å². The maximum atomic E-state index is 12.1. The highest BCUT2D eigenvalue weighted by atomic mass is 16.5. The van der Waals surface area contributed by atoms with E-state index in [0.29, 0.717) is 12.4 Å². The van der Waals surface area contributed by atoms with Crippen molar-refractivity contribution in [1.29, 1.82) is 0 Å². The van der Waals surface area contributed by atoms with Gasteiger partial charge in [-0.25, -0.2) is 14.8 Å². The van der Waals surface area contributed by atoms with Gasteiger partial charge in [0.05, 0.1) is 24.2 Å². The van der Waals surface area contributed by atoms with E-state index in [4.69, 9.17) is 4.52 Å². The molecule has 1 aromatic carbocycles. The van der Waals surface area contributed by atoms with E-state index in [2.05, 4.69) is 30.0 Å². The monoisotopic (exact) mass is 436 g/mol. The van der Waals surface area contributed by atoms with Crippen LogP contribution in [0.25, 0.3) is 22.4 Å². The second kappa shape index (κ2) is 8.52. The summed E-state index contributed by atoms with van der Waals surface area (Å²) >= 11 is 0. The van der Waals surface area contributed by atoms with Gasteiger partial charge in [0.15, 0.2) is 11.5 Å². The van der Waals surface area contributed by atoms with Gasteiger partial charge in [-0.05, 0) is 0 Å². The number of aromatic nitrogens is 6. The number of hydrogen-bond acceptors (Lipinski definition) is 9. The molecule has 1 atom stereocenters. The fourth-order valence-electron chi connectivity index (χ4n) is 4.13. The van der Waals surface area contributed by atoms with Gasteiger partial charge in [-0.2, -0.15) is 5.10 Å². The Balaban J connectivity index is 1.22. The van der Waals surface area contributed by atoms with E-state index < -0.39 is 11.9 Å². The average molecular weight is 436 g/mol. The fourth-order valence-corrected chi connectivity index (χ4v) is 4.13. The van der Waals surface area contributed by atoms with E-state index in [1.165, 1.54) is 4.57 Å². The summed E-state index contributed by atoms with van der Waals surface area (Å²) in [5, 5.41) is 19.8. The smallest absolute Gasteiger partial charge is 0.390 e. The normalized spacial score (nSPS) is 16.0. The Kier molecular flexibility index (Phi) is 5.41. The molecule has 11 heteroatoms. The first kappa shape index (κ1) is 20.3. The third kappa shape index (κ3) is 3.87. The molecule has 1 saturated heterocycles. The van der Waals surface area contributed by atoms with E-state index in [-0.39, 0.29) is 6.54 Å². The SMILES string of the molecule is Cn1ncc2c(N3CCN(CC(O)Cn4c(-c5ccccc5)noc4=O)CC3)ncnc21. The Hall–Kier alpha value is -3.57. The van der Waals surface area contributed by atoms with E-state index in [1.807, 2.05) is 37.4 Å². The number of aliphatic hydroxyl groups excluding tert-OH is 1. The van der Waals surface area contributed by atoms with Crippen LogP contribution >= 0.6 is 0 Å². The van der Waals surface area contributed by atoms with Gasteiger partial charge in [0.1, 0.15) is 12.1 Å². The van der Waals surface area contributed by atoms with Crippen molar-refractivity contribution >= 4 is 16.9 Å². The highest BCUT2D eigenvalue weighted by Gasteiger charge is 2.24. The zero-order valence-corrected chi connectivity index (χ0v) is 17.7. The molecule has 1 aliphatic rings. The number of nitrogens with zero attached hydrogens (tertiary/aromatic N) is 8. The molecule has 0 amide bonds. The molecular formula is C21H24N8O3. The Morgan fingerprint density at radius 3 is 2.66 bits per heavy atom. The van der Waals surface area contributed by atoms with Gasteiger partial charge in [-0.15, -0.1) is 0 Å². The summed E-state index contributed by atoms with van der Waals surface area (Å²) in [7, 11) is 1.86. The molecule has 0 radical (unpaired) electrons. The van der Waals surface area contributed by atoms with Crippen molar-refractivity contribution in [3.8, 4) is 11.4 Å². The minimum absolute atomic E-state index is 0.120. The van der Waals surface area contributed by atoms with Gasteiger partial charge in [0.25, 0.3) is 0 Å². The molecule has 1 aliphatic heterocycles. The zero-order valence-electron chi connectivity index (χ0n) is 17.7. The molecule has 1 N–H and O–H groups in total. The first-order chi connectivity index (χ1) is 15.6. The molecule has 0 bridgehead atoms. The van der Waals surface area contributed by atoms with Crippen LogP contribution in [0.1, 0.15) is 0 Å². The number of hydrogen-bond donors (Lipinski definition) is 1. The van der Waals surface area contributed by atoms with Gasteiger partial charge < -0.3 is 10.0 Å². The number of rotatable bonds is 6. The van der Waals surface area contributed by atoms with E-state index >= 15 is 0 Å². The minimum Gasteiger partial charge on any atom is -0.390 e. The molecule has 32 heavy (non-hydrogen) atoms. The van der Waals surface area contributed by atoms with Gasteiger partial charge >= 0.3 is 5.76 Å². The molecule has 3 aromatic heterocycles. The first-order valence-electron chi connectivity index (χ1n) is 10.5. The number of anilines is 1. The van der Waals surface area contributed by atoms with Crippen molar-refractivity contribution in [1.82, 2.24) is 34.4 Å². The lowest BCUT2D eigenvalue weighted by atomic mass is 10.2. The van der Waals surface area contributed by atoms with Gasteiger partial charge in [-0.1, -0.05) is 35.5 Å². The summed E-state index contributed by atoms with van der Waals surface area (Å²) in [6.45, 7) is 3.66. The van der Waals surface area contributed by atoms with Gasteiger partial charge in [0, 0.05) is 45.3 Å². The van der Waals surface area contributed by atoms with E-state index in [0.717, 1.165) is 48.6 Å². The summed E-state index contributed by atoms with van der Waals surface area (Å²) in [6.07, 6.45) is 2.63. The number of aryl methyl sites for hydroxylation is 1. The maximum Gasteiger partial charge on any atom is 0.441 e. The quantitative estimate of drug-likeness (QED) is 0.457. The Morgan fingerprint density at radius 1 is 1.09 bits per heavy atom. The molecule has 4 aromatic rings. The first-order valence-corrected chi connectivity index (χ1v) is 10.5. The lowest BCUT2D eigenvalue weighted by Crippen LogP contribution is -2.49. The molecular weight excluding hydrogens is 412 g/mol. The molecule has 1 unspecified atom stereocenters. The van der Waals surface area contributed by atoms with Crippen molar-refractivity contribution in [3.63, 3.8) is 0 Å². The number of benzene rings is 1. The van der Waals surface area contributed by atoms with Crippen LogP contribution in [-0.4, -0.2) is 78.3 Å². The summed E-state index contributed by atoms with van der Waals surface area (Å²) < 4.78 is 7.97. The van der Waals surface area contributed by atoms with Crippen LogP contribution in [0.3, 0.4) is 0 Å². The molecule has 0 spiro atoms. The van der Waals surface area contributed by atoms with Crippen LogP contribution in [0.2, 0.25) is 0 Å². The number of β-amino-alcohol motifs (C(OH)–C–C–N with tert-alkyl or cyclic N) is 1. The predicted molar refractivity (Wildman–Crippen MR) is 117 cm³/mol. The Bertz CT molecular complexity index is 1260. The third-order valence-electron chi connectivity index (χ3n) is 5.76. The third-order valence-corrected chi connectivity index (χ3v) is 5.76. The second-order valence-corrected chi connectivity index (χ2v) is 7.89. The summed E-state index contributed by atoms with van der Waals surface area (Å²) in [5.74, 6) is 0.729. The average Bonchev–Trinajstić information content (AvgIpc) is 3.37. The van der Waals surface area contributed by atoms with Crippen molar-refractivity contribution in [3.05, 3.63) is 53.4 Å². The molecule has 0 saturated carbocycles. The lowest BCUT2D eigenvalue weighted by Gasteiger charge is -2.36. The highest BCUT2D eigenvalue weighted by molar-refractivity contribution is 5.86. The van der Waals surface area contributed by atoms with Crippen LogP contribution in [0.15, 0.2) is 52.2 Å². The maximum absolute atomic E-state index is 12.1. The number of aliphatic hydroxyl groups is 1. The Morgan fingerprint density at radius 2 is 1.88 bits per heavy atom. The van der Waals surface area contributed by atoms with Crippen molar-refractivity contribution < 1.29 is 9.63 Å². The van der Waals surface area contributed by atoms with Crippen molar-refractivity contribution in [2.24, 2.45) is 7.05 Å². The van der Waals surface area contributed by atoms with Crippen molar-refractivity contribution in [2.45, 2.75) is 12.6 Å². The lowest BCUT2D eigenvalue weighted by molar-refractivity contribution is 0.0935. The molecule has 0 aliphatic carbocycles. The molecule has 4 heterocycles. The molecule has 5 rings (SSSR count). The van der Waals surface area contributed by atoms with Crippen LogP contribution < -0.4 is 10.7 Å². The molecule has 1 fully saturated rings. The highest BCUT2D eigenvalue weighted by Crippen LogP contribution is 2.23. The predicted octanol–water partition coefficient (Wildman–Crippen LogP) is 0.363. The summed E-state index contributed by atoms with van der Waals surface area (Å²) in [4.78, 5) is 25.3. The Labute approximate surface area is 183 Å². The van der Waals surface area contributed by atoms with Crippen LogP contribution in [0, 0.1) is 0 Å². The van der Waals surface area contributed by atoms with Crippen LogP contribution in [-0.2, 0) is 13.6 Å². The largest absolute Gasteiger partial charge is 0.441 e. The topological polar surface area (TPSA) is 118 Å². The van der Waals surface area contributed by atoms with E-state index in [9.17, 15) is 9.90 Å². The van der Waals surface area contributed by atoms with Crippen LogP contribution in [0.4, 0.5) is 5.82 Å². The van der Waals surface area contributed by atoms with Crippen LogP contribution in [0.5, 0.6) is 0 Å². The minimum atomic E-state index is -0.731. The number of piperazine rings is 1. The van der Waals surface area contributed by atoms with Gasteiger partial charge in [0.2, 0.25) is 0 Å². The fraction of sp³-hybridized carbons (Fsp3) is 0.381. The van der Waals surface area contributed by atoms with Gasteiger partial charge in [-0.3, -0.25) is 18.7 Å². The molecule has 166 valence electrons. The summed E-state index contributed by atoms with van der Waals surface area (Å²) in [6, 6.07) is 9.33. The van der Waals surface area contributed by atoms with E-state index in [1.54, 1.807) is 17.2 Å². The summed E-state index contributed by atoms with van der Waals surface area (Å²) in [5.41, 5.74) is 1.58. The standard InChI is InChI=1S/C21H24N8O3/c1-26-19-17(11-24-26)20(23-14-22-19)28-9-7-27(8-10-28)12-16(30)13-29-18(25-32-21(29)31)15-5-3-2-4-6-15/h2-6,11,14,16,30H,7-10,12-13H2,1H3. The zero-order chi connectivity index (χ0) is 22.1.